The number of pyridine rings is 1. The molecule has 1 radical (unpaired) electrons. The van der Waals surface area contributed by atoms with Gasteiger partial charge in [-0.25, -0.2) is 0 Å². The monoisotopic (exact) mass is 432 g/mol. The highest BCUT2D eigenvalue weighted by Gasteiger charge is 2.49. The van der Waals surface area contributed by atoms with Crippen molar-refractivity contribution in [3.05, 3.63) is 84.8 Å². The largest absolute Gasteiger partial charge is 0.378 e. The fourth-order valence-electron chi connectivity index (χ4n) is 5.10. The average molecular weight is 433 g/mol. The number of amides is 1. The van der Waals surface area contributed by atoms with E-state index in [0.717, 1.165) is 23.2 Å². The van der Waals surface area contributed by atoms with Crippen LogP contribution in [0.1, 0.15) is 45.9 Å². The van der Waals surface area contributed by atoms with Crippen molar-refractivity contribution in [1.29, 1.82) is 0 Å². The Bertz CT molecular complexity index is 1000. The van der Waals surface area contributed by atoms with Crippen LogP contribution in [-0.2, 0) is 11.2 Å². The van der Waals surface area contributed by atoms with Crippen LogP contribution in [0.5, 0.6) is 0 Å². The molecule has 3 aromatic rings. The van der Waals surface area contributed by atoms with Gasteiger partial charge in [0.1, 0.15) is 0 Å². The van der Waals surface area contributed by atoms with Gasteiger partial charge < -0.3 is 9.97 Å². The number of nitrogens with two attached hydrogens (primary N) is 1. The summed E-state index contributed by atoms with van der Waals surface area (Å²) in [6, 6.07) is 16.7. The van der Waals surface area contributed by atoms with Gasteiger partial charge in [-0.2, -0.15) is 0 Å². The van der Waals surface area contributed by atoms with Crippen LogP contribution in [0.15, 0.2) is 67.1 Å². The quantitative estimate of drug-likeness (QED) is 0.432. The Hall–Kier alpha value is -2.66. The molecular formula is C26H34N3OSi. The van der Waals surface area contributed by atoms with E-state index in [4.69, 9.17) is 5.73 Å². The SMILES string of the molecule is CC(C)[Si](C(C)C)(C(C)C(N)=O)n1ccc(-c2ccnc([CH]Cc3ccccc3)c2)c1. The molecule has 0 fully saturated rings. The van der Waals surface area contributed by atoms with Crippen molar-refractivity contribution in [2.75, 3.05) is 0 Å². The molecule has 1 amide bonds. The minimum atomic E-state index is -2.26. The molecule has 1 aromatic carbocycles. The van der Waals surface area contributed by atoms with Crippen molar-refractivity contribution in [3.8, 4) is 11.1 Å². The summed E-state index contributed by atoms with van der Waals surface area (Å²) >= 11 is 0. The lowest BCUT2D eigenvalue weighted by Gasteiger charge is -2.43. The Morgan fingerprint density at radius 3 is 2.32 bits per heavy atom. The molecule has 1 atom stereocenters. The normalized spacial score (nSPS) is 13.0. The summed E-state index contributed by atoms with van der Waals surface area (Å²) in [5.41, 5.74) is 10.9. The maximum absolute atomic E-state index is 12.3. The Morgan fingerprint density at radius 1 is 1.03 bits per heavy atom. The van der Waals surface area contributed by atoms with Crippen molar-refractivity contribution in [2.45, 2.75) is 57.7 Å². The number of primary amides is 1. The molecule has 2 heterocycles. The van der Waals surface area contributed by atoms with Gasteiger partial charge in [0.25, 0.3) is 0 Å². The second-order valence-electron chi connectivity index (χ2n) is 8.99. The molecule has 163 valence electrons. The zero-order valence-corrected chi connectivity index (χ0v) is 20.2. The molecule has 5 heteroatoms. The summed E-state index contributed by atoms with van der Waals surface area (Å²) in [7, 11) is -2.26. The number of nitrogens with zero attached hydrogens (tertiary/aromatic N) is 2. The molecule has 0 saturated carbocycles. The maximum atomic E-state index is 12.3. The molecule has 0 aliphatic carbocycles. The lowest BCUT2D eigenvalue weighted by atomic mass is 10.1. The minimum Gasteiger partial charge on any atom is -0.378 e. The molecule has 2 aromatic heterocycles. The second-order valence-corrected chi connectivity index (χ2v) is 14.5. The van der Waals surface area contributed by atoms with Gasteiger partial charge in [0.2, 0.25) is 5.91 Å². The van der Waals surface area contributed by atoms with E-state index < -0.39 is 8.24 Å². The number of carbonyl (C=O) groups is 1. The summed E-state index contributed by atoms with van der Waals surface area (Å²) in [5, 5.41) is 0. The zero-order valence-electron chi connectivity index (χ0n) is 19.2. The Labute approximate surface area is 187 Å². The number of hydrogen-bond acceptors (Lipinski definition) is 2. The van der Waals surface area contributed by atoms with Gasteiger partial charge in [-0.05, 0) is 58.6 Å². The van der Waals surface area contributed by atoms with E-state index in [-0.39, 0.29) is 11.4 Å². The Morgan fingerprint density at radius 2 is 1.71 bits per heavy atom. The smallest absolute Gasteiger partial charge is 0.219 e. The molecule has 0 bridgehead atoms. The van der Waals surface area contributed by atoms with E-state index in [9.17, 15) is 4.79 Å². The molecule has 31 heavy (non-hydrogen) atoms. The predicted molar refractivity (Wildman–Crippen MR) is 131 cm³/mol. The summed E-state index contributed by atoms with van der Waals surface area (Å²) in [6.45, 7) is 10.9. The van der Waals surface area contributed by atoms with Gasteiger partial charge >= 0.3 is 0 Å². The minimum absolute atomic E-state index is 0.153. The lowest BCUT2D eigenvalue weighted by Crippen LogP contribution is -2.55. The Balaban J connectivity index is 1.91. The zero-order chi connectivity index (χ0) is 22.6. The molecule has 3 rings (SSSR count). The van der Waals surface area contributed by atoms with Crippen LogP contribution >= 0.6 is 0 Å². The molecule has 0 aliphatic rings. The van der Waals surface area contributed by atoms with Crippen LogP contribution in [0.25, 0.3) is 11.1 Å². The van der Waals surface area contributed by atoms with Gasteiger partial charge in [0.05, 0.1) is 0 Å². The molecule has 0 saturated heterocycles. The average Bonchev–Trinajstić information content (AvgIpc) is 3.23. The van der Waals surface area contributed by atoms with E-state index >= 15 is 0 Å². The number of hydrogen-bond donors (Lipinski definition) is 1. The molecule has 2 N–H and O–H groups in total. The lowest BCUT2D eigenvalue weighted by molar-refractivity contribution is -0.117. The van der Waals surface area contributed by atoms with Crippen LogP contribution in [-0.4, -0.2) is 23.4 Å². The van der Waals surface area contributed by atoms with Crippen molar-refractivity contribution in [3.63, 3.8) is 0 Å². The summed E-state index contributed by atoms with van der Waals surface area (Å²) in [6.07, 6.45) is 9.24. The van der Waals surface area contributed by atoms with Gasteiger partial charge in [-0.3, -0.25) is 9.78 Å². The molecule has 1 unspecified atom stereocenters. The van der Waals surface area contributed by atoms with Crippen molar-refractivity contribution in [2.24, 2.45) is 5.73 Å². The topological polar surface area (TPSA) is 60.9 Å². The second kappa shape index (κ2) is 9.65. The van der Waals surface area contributed by atoms with Crippen LogP contribution < -0.4 is 5.73 Å². The molecular weight excluding hydrogens is 398 g/mol. The summed E-state index contributed by atoms with van der Waals surface area (Å²) < 4.78 is 2.35. The highest BCUT2D eigenvalue weighted by Crippen LogP contribution is 2.43. The van der Waals surface area contributed by atoms with E-state index in [1.54, 1.807) is 0 Å². The van der Waals surface area contributed by atoms with Gasteiger partial charge in [0.15, 0.2) is 8.24 Å². The fraction of sp³-hybridized carbons (Fsp3) is 0.346. The van der Waals surface area contributed by atoms with Crippen LogP contribution in [0.4, 0.5) is 0 Å². The standard InChI is InChI=1S/C26H34N3OSi/c1-19(2)31(20(3)4,21(5)26(27)30)29-16-14-24(18-29)23-13-15-28-25(17-23)12-11-22-9-7-6-8-10-22/h6-10,12-21H,11H2,1-5H3,(H2,27,30). The van der Waals surface area contributed by atoms with Crippen molar-refractivity contribution < 1.29 is 4.79 Å². The number of benzene rings is 1. The van der Waals surface area contributed by atoms with E-state index in [0.29, 0.717) is 11.1 Å². The third kappa shape index (κ3) is 4.66. The highest BCUT2D eigenvalue weighted by atomic mass is 28.3. The van der Waals surface area contributed by atoms with Crippen molar-refractivity contribution >= 4 is 14.1 Å². The van der Waals surface area contributed by atoms with Gasteiger partial charge in [-0.15, -0.1) is 0 Å². The highest BCUT2D eigenvalue weighted by molar-refractivity contribution is 6.84. The molecule has 0 aliphatic heterocycles. The van der Waals surface area contributed by atoms with E-state index in [2.05, 4.69) is 92.1 Å². The number of aromatic nitrogens is 2. The molecule has 4 nitrogen and oxygen atoms in total. The van der Waals surface area contributed by atoms with Crippen LogP contribution in [0.2, 0.25) is 16.6 Å². The first-order chi connectivity index (χ1) is 14.8. The first kappa shape index (κ1) is 23.0. The fourth-order valence-corrected chi connectivity index (χ4v) is 11.2. The van der Waals surface area contributed by atoms with Crippen molar-refractivity contribution in [1.82, 2.24) is 9.22 Å². The third-order valence-electron chi connectivity index (χ3n) is 6.61. The number of rotatable bonds is 9. The Kier molecular flexibility index (Phi) is 7.16. The maximum Gasteiger partial charge on any atom is 0.219 e. The van der Waals surface area contributed by atoms with Crippen LogP contribution in [0, 0.1) is 6.42 Å². The number of carbonyl (C=O) groups excluding carboxylic acids is 1. The summed E-state index contributed by atoms with van der Waals surface area (Å²) in [5.74, 6) is -0.203. The van der Waals surface area contributed by atoms with Gasteiger partial charge in [0, 0.05) is 30.0 Å². The predicted octanol–water partition coefficient (Wildman–Crippen LogP) is 5.83. The third-order valence-corrected chi connectivity index (χ3v) is 13.2. The van der Waals surface area contributed by atoms with E-state index in [1.807, 2.05) is 25.3 Å². The molecule has 0 spiro atoms. The first-order valence-corrected chi connectivity index (χ1v) is 13.3. The summed E-state index contributed by atoms with van der Waals surface area (Å²) in [4.78, 5) is 16.8. The first-order valence-electron chi connectivity index (χ1n) is 11.1. The van der Waals surface area contributed by atoms with Crippen LogP contribution in [0.3, 0.4) is 0 Å². The van der Waals surface area contributed by atoms with Gasteiger partial charge in [-0.1, -0.05) is 65.0 Å². The van der Waals surface area contributed by atoms with E-state index in [1.165, 1.54) is 5.56 Å².